The molecule has 0 amide bonds. The SMILES string of the molecule is CC(=O)c1ccc(N(C)C(C)C(C)C)cc1[N+](=O)[O-]. The van der Waals surface area contributed by atoms with Crippen molar-refractivity contribution in [1.82, 2.24) is 0 Å². The molecule has 0 aliphatic carbocycles. The summed E-state index contributed by atoms with van der Waals surface area (Å²) in [4.78, 5) is 23.9. The van der Waals surface area contributed by atoms with Crippen LogP contribution in [0.15, 0.2) is 18.2 Å². The fraction of sp³-hybridized carbons (Fsp3) is 0.500. The van der Waals surface area contributed by atoms with Gasteiger partial charge in [-0.3, -0.25) is 14.9 Å². The zero-order chi connectivity index (χ0) is 14.7. The minimum atomic E-state index is -0.506. The molecule has 1 atom stereocenters. The first-order valence-corrected chi connectivity index (χ1v) is 6.28. The van der Waals surface area contributed by atoms with Gasteiger partial charge in [0.15, 0.2) is 5.78 Å². The highest BCUT2D eigenvalue weighted by Gasteiger charge is 2.21. The summed E-state index contributed by atoms with van der Waals surface area (Å²) in [6.07, 6.45) is 0. The van der Waals surface area contributed by atoms with Crippen LogP contribution in [0.25, 0.3) is 0 Å². The number of ketones is 1. The van der Waals surface area contributed by atoms with Crippen LogP contribution in [0.5, 0.6) is 0 Å². The number of rotatable bonds is 5. The predicted octanol–water partition coefficient (Wildman–Crippen LogP) is 3.28. The molecule has 19 heavy (non-hydrogen) atoms. The van der Waals surface area contributed by atoms with Gasteiger partial charge in [0.1, 0.15) is 0 Å². The van der Waals surface area contributed by atoms with Crippen molar-refractivity contribution < 1.29 is 9.72 Å². The van der Waals surface area contributed by atoms with Gasteiger partial charge in [-0.1, -0.05) is 13.8 Å². The molecule has 0 saturated carbocycles. The van der Waals surface area contributed by atoms with Crippen LogP contribution < -0.4 is 4.90 Å². The zero-order valence-electron chi connectivity index (χ0n) is 12.0. The van der Waals surface area contributed by atoms with Crippen LogP contribution >= 0.6 is 0 Å². The number of nitrogens with zero attached hydrogens (tertiary/aromatic N) is 2. The van der Waals surface area contributed by atoms with Gasteiger partial charge in [0.25, 0.3) is 5.69 Å². The number of benzene rings is 1. The Morgan fingerprint density at radius 1 is 1.32 bits per heavy atom. The van der Waals surface area contributed by atoms with E-state index in [1.165, 1.54) is 19.1 Å². The smallest absolute Gasteiger partial charge is 0.282 e. The third-order valence-electron chi connectivity index (χ3n) is 3.54. The quantitative estimate of drug-likeness (QED) is 0.465. The molecule has 0 bridgehead atoms. The Balaban J connectivity index is 3.22. The highest BCUT2D eigenvalue weighted by molar-refractivity contribution is 5.98. The molecule has 0 spiro atoms. The number of nitro benzene ring substituents is 1. The fourth-order valence-electron chi connectivity index (χ4n) is 1.87. The van der Waals surface area contributed by atoms with E-state index in [0.717, 1.165) is 5.69 Å². The number of nitro groups is 1. The number of hydrogen-bond donors (Lipinski definition) is 0. The van der Waals surface area contributed by atoms with Crippen LogP contribution in [-0.4, -0.2) is 23.8 Å². The Labute approximate surface area is 113 Å². The molecular formula is C14H20N2O3. The molecule has 0 aromatic heterocycles. The van der Waals surface area contributed by atoms with Gasteiger partial charge >= 0.3 is 0 Å². The highest BCUT2D eigenvalue weighted by atomic mass is 16.6. The Bertz CT molecular complexity index is 497. The number of hydrogen-bond acceptors (Lipinski definition) is 4. The van der Waals surface area contributed by atoms with Crippen molar-refractivity contribution in [3.63, 3.8) is 0 Å². The molecule has 0 radical (unpaired) electrons. The van der Waals surface area contributed by atoms with E-state index in [1.807, 2.05) is 11.9 Å². The standard InChI is InChI=1S/C14H20N2O3/c1-9(2)10(3)15(5)12-6-7-13(11(4)17)14(8-12)16(18)19/h6-10H,1-5H3. The third-order valence-corrected chi connectivity index (χ3v) is 3.54. The van der Waals surface area contributed by atoms with Crippen LogP contribution in [0.1, 0.15) is 38.1 Å². The maximum absolute atomic E-state index is 11.4. The second-order valence-electron chi connectivity index (χ2n) is 5.11. The van der Waals surface area contributed by atoms with E-state index in [0.29, 0.717) is 5.92 Å². The second kappa shape index (κ2) is 5.82. The van der Waals surface area contributed by atoms with Crippen LogP contribution in [0.2, 0.25) is 0 Å². The zero-order valence-corrected chi connectivity index (χ0v) is 12.0. The first-order valence-electron chi connectivity index (χ1n) is 6.28. The maximum atomic E-state index is 11.4. The number of anilines is 1. The molecule has 0 heterocycles. The summed E-state index contributed by atoms with van der Waals surface area (Å²) in [7, 11) is 1.90. The summed E-state index contributed by atoms with van der Waals surface area (Å²) in [6, 6.07) is 5.00. The molecule has 1 aromatic rings. The summed E-state index contributed by atoms with van der Waals surface area (Å²) in [5, 5.41) is 11.0. The molecule has 0 saturated heterocycles. The van der Waals surface area contributed by atoms with Crippen LogP contribution in [-0.2, 0) is 0 Å². The minimum absolute atomic E-state index is 0.132. The Morgan fingerprint density at radius 3 is 2.32 bits per heavy atom. The number of Topliss-reactive ketones (excluding diaryl/α,β-unsaturated/α-hetero) is 1. The van der Waals surface area contributed by atoms with Crippen molar-refractivity contribution in [2.45, 2.75) is 33.7 Å². The first-order chi connectivity index (χ1) is 8.75. The largest absolute Gasteiger partial charge is 0.371 e. The summed E-state index contributed by atoms with van der Waals surface area (Å²) >= 11 is 0. The Hall–Kier alpha value is -1.91. The lowest BCUT2D eigenvalue weighted by Gasteiger charge is -2.30. The van der Waals surface area contributed by atoms with Gasteiger partial charge in [-0.15, -0.1) is 0 Å². The molecule has 0 fully saturated rings. The van der Waals surface area contributed by atoms with Crippen molar-refractivity contribution in [1.29, 1.82) is 0 Å². The van der Waals surface area contributed by atoms with Gasteiger partial charge in [-0.25, -0.2) is 0 Å². The second-order valence-corrected chi connectivity index (χ2v) is 5.11. The number of carbonyl (C=O) groups excluding carboxylic acids is 1. The molecule has 0 aliphatic rings. The van der Waals surface area contributed by atoms with Gasteiger partial charge < -0.3 is 4.90 Å². The van der Waals surface area contributed by atoms with Gasteiger partial charge in [-0.2, -0.15) is 0 Å². The summed E-state index contributed by atoms with van der Waals surface area (Å²) < 4.78 is 0. The lowest BCUT2D eigenvalue weighted by atomic mass is 10.0. The van der Waals surface area contributed by atoms with Gasteiger partial charge in [0, 0.05) is 24.8 Å². The van der Waals surface area contributed by atoms with Gasteiger partial charge in [0.2, 0.25) is 0 Å². The van der Waals surface area contributed by atoms with Crippen LogP contribution in [0.3, 0.4) is 0 Å². The summed E-state index contributed by atoms with van der Waals surface area (Å²) in [5.41, 5.74) is 0.769. The highest BCUT2D eigenvalue weighted by Crippen LogP contribution is 2.27. The topological polar surface area (TPSA) is 63.5 Å². The molecule has 104 valence electrons. The van der Waals surface area contributed by atoms with Crippen molar-refractivity contribution in [2.75, 3.05) is 11.9 Å². The van der Waals surface area contributed by atoms with Crippen molar-refractivity contribution >= 4 is 17.2 Å². The van der Waals surface area contributed by atoms with E-state index in [1.54, 1.807) is 6.07 Å². The summed E-state index contributed by atoms with van der Waals surface area (Å²) in [5.74, 6) is 0.134. The average Bonchev–Trinajstić information content (AvgIpc) is 2.35. The van der Waals surface area contributed by atoms with Gasteiger partial charge in [-0.05, 0) is 31.9 Å². The average molecular weight is 264 g/mol. The molecule has 0 aliphatic heterocycles. The Morgan fingerprint density at radius 2 is 1.89 bits per heavy atom. The molecule has 1 unspecified atom stereocenters. The van der Waals surface area contributed by atoms with Gasteiger partial charge in [0.05, 0.1) is 10.5 Å². The van der Waals surface area contributed by atoms with Crippen LogP contribution in [0, 0.1) is 16.0 Å². The molecule has 1 rings (SSSR count). The van der Waals surface area contributed by atoms with Crippen LogP contribution in [0.4, 0.5) is 11.4 Å². The molecular weight excluding hydrogens is 244 g/mol. The van der Waals surface area contributed by atoms with Crippen molar-refractivity contribution in [2.24, 2.45) is 5.92 Å². The van der Waals surface area contributed by atoms with Crippen molar-refractivity contribution in [3.05, 3.63) is 33.9 Å². The third kappa shape index (κ3) is 3.30. The minimum Gasteiger partial charge on any atom is -0.371 e. The Kier molecular flexibility index (Phi) is 4.64. The monoisotopic (exact) mass is 264 g/mol. The molecule has 0 N–H and O–H groups in total. The lowest BCUT2D eigenvalue weighted by molar-refractivity contribution is -0.385. The maximum Gasteiger partial charge on any atom is 0.282 e. The molecule has 5 nitrogen and oxygen atoms in total. The first kappa shape index (κ1) is 15.1. The molecule has 5 heteroatoms. The van der Waals surface area contributed by atoms with E-state index in [2.05, 4.69) is 20.8 Å². The lowest BCUT2D eigenvalue weighted by Crippen LogP contribution is -2.33. The fourth-order valence-corrected chi connectivity index (χ4v) is 1.87. The van der Waals surface area contributed by atoms with E-state index >= 15 is 0 Å². The predicted molar refractivity (Wildman–Crippen MR) is 75.8 cm³/mol. The van der Waals surface area contributed by atoms with Crippen molar-refractivity contribution in [3.8, 4) is 0 Å². The van der Waals surface area contributed by atoms with E-state index < -0.39 is 4.92 Å². The normalized spacial score (nSPS) is 12.3. The molecule has 1 aromatic carbocycles. The summed E-state index contributed by atoms with van der Waals surface area (Å²) in [6.45, 7) is 7.59. The van der Waals surface area contributed by atoms with E-state index in [-0.39, 0.29) is 23.1 Å². The van der Waals surface area contributed by atoms with E-state index in [9.17, 15) is 14.9 Å². The van der Waals surface area contributed by atoms with E-state index in [4.69, 9.17) is 0 Å². The number of carbonyl (C=O) groups is 1.